The van der Waals surface area contributed by atoms with Crippen LogP contribution in [0.15, 0.2) is 58.9 Å². The highest BCUT2D eigenvalue weighted by Crippen LogP contribution is 2.31. The molecule has 1 fully saturated rings. The van der Waals surface area contributed by atoms with E-state index in [4.69, 9.17) is 14.0 Å². The summed E-state index contributed by atoms with van der Waals surface area (Å²) >= 11 is 0. The molecule has 1 amide bonds. The fraction of sp³-hybridized carbons (Fsp3) is 0.417. The molecule has 10 heteroatoms. The highest BCUT2D eigenvalue weighted by molar-refractivity contribution is 5.83. The lowest BCUT2D eigenvalue weighted by Crippen LogP contribution is -2.30. The minimum Gasteiger partial charge on any atom is -0.478 e. The molecule has 1 aromatic heterocycles. The Hall–Kier alpha value is -3.27. The predicted molar refractivity (Wildman–Crippen MR) is 119 cm³/mol. The first-order chi connectivity index (χ1) is 16.3. The Morgan fingerprint density at radius 3 is 2.76 bits per heavy atom. The number of allylic oxidation sites excluding steroid dienone is 5. The minimum absolute atomic E-state index is 0.0686. The van der Waals surface area contributed by atoms with Crippen molar-refractivity contribution in [3.63, 3.8) is 0 Å². The van der Waals surface area contributed by atoms with E-state index in [0.29, 0.717) is 18.1 Å². The Bertz CT molecular complexity index is 1050. The van der Waals surface area contributed by atoms with Crippen LogP contribution < -0.4 is 4.74 Å². The summed E-state index contributed by atoms with van der Waals surface area (Å²) in [5.41, 5.74) is 1.56. The molecule has 1 aromatic carbocycles. The zero-order chi connectivity index (χ0) is 24.6. The van der Waals surface area contributed by atoms with E-state index in [9.17, 15) is 18.0 Å². The van der Waals surface area contributed by atoms with Gasteiger partial charge in [-0.15, -0.1) is 13.2 Å². The van der Waals surface area contributed by atoms with E-state index in [1.54, 1.807) is 31.2 Å². The zero-order valence-corrected chi connectivity index (χ0v) is 19.0. The lowest BCUT2D eigenvalue weighted by molar-refractivity contribution is -0.306. The molecule has 0 N–H and O–H groups in total. The molecule has 34 heavy (non-hydrogen) atoms. The number of alkyl halides is 3. The molecule has 1 unspecified atom stereocenters. The molecule has 0 saturated carbocycles. The third-order valence-electron chi connectivity index (χ3n) is 5.22. The second-order valence-corrected chi connectivity index (χ2v) is 7.64. The SMILES string of the molecule is CC(=O)N1CCCOCC1.COc1noc2ccc(C3C=C/C=C(/OC(F)(F)F)C/C=C\3)cc12. The lowest BCUT2D eigenvalue weighted by atomic mass is 9.95. The molecule has 2 heterocycles. The Balaban J connectivity index is 0.000000271. The summed E-state index contributed by atoms with van der Waals surface area (Å²) in [5, 5.41) is 4.56. The summed E-state index contributed by atoms with van der Waals surface area (Å²) < 4.78 is 56.2. The molecule has 2 aliphatic rings. The molecular formula is C24H27F3N2O5. The first kappa shape index (κ1) is 25.4. The maximum Gasteiger partial charge on any atom is 0.572 e. The van der Waals surface area contributed by atoms with Crippen LogP contribution in [0.1, 0.15) is 31.2 Å². The number of carbonyl (C=O) groups is 1. The van der Waals surface area contributed by atoms with Crippen molar-refractivity contribution in [3.05, 3.63) is 59.9 Å². The van der Waals surface area contributed by atoms with Crippen LogP contribution in [0.25, 0.3) is 11.0 Å². The smallest absolute Gasteiger partial charge is 0.478 e. The number of rotatable bonds is 3. The van der Waals surface area contributed by atoms with E-state index in [2.05, 4.69) is 9.89 Å². The Morgan fingerprint density at radius 2 is 2.03 bits per heavy atom. The normalized spacial score (nSPS) is 21.3. The number of ether oxygens (including phenoxy) is 3. The van der Waals surface area contributed by atoms with Gasteiger partial charge in [0.25, 0.3) is 5.88 Å². The van der Waals surface area contributed by atoms with Gasteiger partial charge in [0.2, 0.25) is 5.91 Å². The second-order valence-electron chi connectivity index (χ2n) is 7.64. The standard InChI is InChI=1S/C17H14F3NO3.C7H13NO2/c1-22-16-14-10-12(8-9-15(14)24-21-16)11-4-2-6-13(7-3-5-11)23-17(18,19)20;1-7(9)8-3-2-5-10-6-4-8/h2-6,8-11H,7H2,1H3;2-6H2,1H3/b4-2?,5-3-,13-6+;. The maximum absolute atomic E-state index is 12.3. The summed E-state index contributed by atoms with van der Waals surface area (Å²) in [5.74, 6) is 0.319. The van der Waals surface area contributed by atoms with Gasteiger partial charge in [0, 0.05) is 39.0 Å². The van der Waals surface area contributed by atoms with Crippen molar-refractivity contribution < 1.29 is 36.7 Å². The quantitative estimate of drug-likeness (QED) is 0.569. The average molecular weight is 480 g/mol. The summed E-state index contributed by atoms with van der Waals surface area (Å²) in [6.07, 6.45) is 4.51. The van der Waals surface area contributed by atoms with Crippen LogP contribution in [0.2, 0.25) is 0 Å². The van der Waals surface area contributed by atoms with E-state index >= 15 is 0 Å². The topological polar surface area (TPSA) is 74.0 Å². The van der Waals surface area contributed by atoms with Gasteiger partial charge in [-0.2, -0.15) is 0 Å². The van der Waals surface area contributed by atoms with Crippen LogP contribution in [-0.4, -0.2) is 55.7 Å². The third kappa shape index (κ3) is 7.38. The Kier molecular flexibility index (Phi) is 8.75. The van der Waals surface area contributed by atoms with E-state index in [0.717, 1.165) is 37.1 Å². The van der Waals surface area contributed by atoms with Crippen LogP contribution >= 0.6 is 0 Å². The summed E-state index contributed by atoms with van der Waals surface area (Å²) in [6.45, 7) is 4.71. The number of hydrogen-bond acceptors (Lipinski definition) is 6. The fourth-order valence-electron chi connectivity index (χ4n) is 3.54. The molecule has 1 atom stereocenters. The van der Waals surface area contributed by atoms with Gasteiger partial charge in [0.05, 0.1) is 19.1 Å². The first-order valence-electron chi connectivity index (χ1n) is 10.8. The van der Waals surface area contributed by atoms with Crippen LogP contribution in [0.4, 0.5) is 13.2 Å². The summed E-state index contributed by atoms with van der Waals surface area (Å²) in [4.78, 5) is 12.6. The van der Waals surface area contributed by atoms with E-state index in [1.807, 2.05) is 23.1 Å². The van der Waals surface area contributed by atoms with Crippen LogP contribution in [0.3, 0.4) is 0 Å². The number of hydrogen-bond donors (Lipinski definition) is 0. The second kappa shape index (κ2) is 11.7. The largest absolute Gasteiger partial charge is 0.572 e. The number of benzene rings is 1. The van der Waals surface area contributed by atoms with Crippen molar-refractivity contribution in [2.24, 2.45) is 0 Å². The van der Waals surface area contributed by atoms with Crippen molar-refractivity contribution in [1.82, 2.24) is 10.1 Å². The van der Waals surface area contributed by atoms with Crippen LogP contribution in [0.5, 0.6) is 5.88 Å². The number of aromatic nitrogens is 1. The van der Waals surface area contributed by atoms with Gasteiger partial charge < -0.3 is 23.6 Å². The molecule has 0 spiro atoms. The molecular weight excluding hydrogens is 453 g/mol. The maximum atomic E-state index is 12.3. The first-order valence-corrected chi connectivity index (χ1v) is 10.8. The van der Waals surface area contributed by atoms with Gasteiger partial charge in [0.15, 0.2) is 5.58 Å². The minimum atomic E-state index is -4.68. The Morgan fingerprint density at radius 1 is 1.21 bits per heavy atom. The molecule has 1 aliphatic carbocycles. The van der Waals surface area contributed by atoms with Crippen molar-refractivity contribution in [1.29, 1.82) is 0 Å². The third-order valence-corrected chi connectivity index (χ3v) is 5.22. The number of fused-ring (bicyclic) bond motifs is 1. The van der Waals surface area contributed by atoms with Crippen molar-refractivity contribution >= 4 is 16.9 Å². The number of halogens is 3. The molecule has 1 saturated heterocycles. The van der Waals surface area contributed by atoms with E-state index < -0.39 is 6.36 Å². The van der Waals surface area contributed by atoms with Gasteiger partial charge in [-0.25, -0.2) is 0 Å². The Labute approximate surface area is 195 Å². The number of methoxy groups -OCH3 is 1. The van der Waals surface area contributed by atoms with E-state index in [1.165, 1.54) is 13.2 Å². The molecule has 1 aliphatic heterocycles. The molecule has 2 aromatic rings. The molecule has 0 bridgehead atoms. The number of carbonyl (C=O) groups excluding carboxylic acids is 1. The fourth-order valence-corrected chi connectivity index (χ4v) is 3.54. The lowest BCUT2D eigenvalue weighted by Gasteiger charge is -2.16. The van der Waals surface area contributed by atoms with Gasteiger partial charge in [-0.05, 0) is 35.3 Å². The van der Waals surface area contributed by atoms with Crippen molar-refractivity contribution in [2.75, 3.05) is 33.4 Å². The van der Waals surface area contributed by atoms with Crippen molar-refractivity contribution in [2.45, 2.75) is 32.0 Å². The van der Waals surface area contributed by atoms with Gasteiger partial charge in [-0.3, -0.25) is 4.79 Å². The van der Waals surface area contributed by atoms with Gasteiger partial charge in [-0.1, -0.05) is 30.4 Å². The molecule has 184 valence electrons. The molecule has 7 nitrogen and oxygen atoms in total. The molecule has 4 rings (SSSR count). The van der Waals surface area contributed by atoms with Crippen LogP contribution in [-0.2, 0) is 14.3 Å². The average Bonchev–Trinajstić information content (AvgIpc) is 2.98. The van der Waals surface area contributed by atoms with Crippen LogP contribution in [0, 0.1) is 0 Å². The monoisotopic (exact) mass is 480 g/mol. The van der Waals surface area contributed by atoms with E-state index in [-0.39, 0.29) is 24.0 Å². The zero-order valence-electron chi connectivity index (χ0n) is 19.0. The van der Waals surface area contributed by atoms with Gasteiger partial charge in [0.1, 0.15) is 5.76 Å². The van der Waals surface area contributed by atoms with Gasteiger partial charge >= 0.3 is 6.36 Å². The molecule has 0 radical (unpaired) electrons. The highest BCUT2D eigenvalue weighted by atomic mass is 19.4. The highest BCUT2D eigenvalue weighted by Gasteiger charge is 2.31. The predicted octanol–water partition coefficient (Wildman–Crippen LogP) is 5.11. The number of amides is 1. The summed E-state index contributed by atoms with van der Waals surface area (Å²) in [6, 6.07) is 5.56. The number of nitrogens with zero attached hydrogens (tertiary/aromatic N) is 2. The van der Waals surface area contributed by atoms with Crippen molar-refractivity contribution in [3.8, 4) is 5.88 Å². The summed E-state index contributed by atoms with van der Waals surface area (Å²) in [7, 11) is 1.51.